The molecule has 0 saturated carbocycles. The van der Waals surface area contributed by atoms with Crippen LogP contribution in [0.15, 0.2) is 18.2 Å². The van der Waals surface area contributed by atoms with Crippen molar-refractivity contribution in [3.63, 3.8) is 0 Å². The first-order valence-corrected chi connectivity index (χ1v) is 7.62. The summed E-state index contributed by atoms with van der Waals surface area (Å²) in [5, 5.41) is 12.1. The minimum Gasteiger partial charge on any atom is -0.496 e. The highest BCUT2D eigenvalue weighted by Gasteiger charge is 2.16. The number of aliphatic hydroxyl groups is 1. The molecule has 1 aromatic carbocycles. The van der Waals surface area contributed by atoms with Gasteiger partial charge in [-0.15, -0.1) is 0 Å². The third kappa shape index (κ3) is 4.68. The Hall–Kier alpha value is -1.14. The van der Waals surface area contributed by atoms with Gasteiger partial charge in [-0.3, -0.25) is 9.80 Å². The van der Waals surface area contributed by atoms with Crippen molar-refractivity contribution in [3.8, 4) is 5.75 Å². The van der Waals surface area contributed by atoms with E-state index in [0.29, 0.717) is 0 Å². The molecule has 1 aromatic rings. The maximum Gasteiger partial charge on any atom is 0.123 e. The molecule has 1 fully saturated rings. The Morgan fingerprint density at radius 3 is 2.52 bits per heavy atom. The number of nitrogens with zero attached hydrogens (tertiary/aromatic N) is 2. The van der Waals surface area contributed by atoms with Gasteiger partial charge in [0.1, 0.15) is 5.75 Å². The maximum atomic E-state index is 8.97. The van der Waals surface area contributed by atoms with Gasteiger partial charge in [0, 0.05) is 51.4 Å². The van der Waals surface area contributed by atoms with Gasteiger partial charge in [-0.05, 0) is 18.7 Å². The lowest BCUT2D eigenvalue weighted by Crippen LogP contribution is -2.46. The number of hydrogen-bond acceptors (Lipinski definition) is 5. The Kier molecular flexibility index (Phi) is 6.45. The lowest BCUT2D eigenvalue weighted by molar-refractivity contribution is 0.108. The second kappa shape index (κ2) is 8.34. The summed E-state index contributed by atoms with van der Waals surface area (Å²) in [6.07, 6.45) is 0. The number of β-amino-alcohol motifs (C(OH)–C–C–N with tert-alkyl or cyclic N) is 1. The smallest absolute Gasteiger partial charge is 0.123 e. The van der Waals surface area contributed by atoms with Crippen LogP contribution in [0.25, 0.3) is 0 Å². The maximum absolute atomic E-state index is 8.97. The number of methoxy groups -OCH3 is 1. The Bertz CT molecular complexity index is 432. The molecule has 5 heteroatoms. The molecule has 0 radical (unpaired) electrons. The molecule has 1 heterocycles. The lowest BCUT2D eigenvalue weighted by atomic mass is 10.1. The summed E-state index contributed by atoms with van der Waals surface area (Å²) in [6, 6.07) is 6.48. The fourth-order valence-corrected chi connectivity index (χ4v) is 2.79. The van der Waals surface area contributed by atoms with E-state index >= 15 is 0 Å². The van der Waals surface area contributed by atoms with Crippen LogP contribution in [0.4, 0.5) is 0 Å². The summed E-state index contributed by atoms with van der Waals surface area (Å²) in [5.41, 5.74) is 2.49. The molecule has 0 amide bonds. The number of piperazine rings is 1. The first-order valence-electron chi connectivity index (χ1n) is 7.62. The van der Waals surface area contributed by atoms with E-state index in [1.54, 1.807) is 7.11 Å². The van der Waals surface area contributed by atoms with Crippen molar-refractivity contribution in [2.75, 3.05) is 53.5 Å². The highest BCUT2D eigenvalue weighted by atomic mass is 16.5. The molecule has 1 aliphatic heterocycles. The average Bonchev–Trinajstić information content (AvgIpc) is 2.51. The van der Waals surface area contributed by atoms with E-state index in [4.69, 9.17) is 9.84 Å². The highest BCUT2D eigenvalue weighted by molar-refractivity contribution is 5.37. The van der Waals surface area contributed by atoms with Crippen molar-refractivity contribution in [2.24, 2.45) is 0 Å². The number of rotatable bonds is 7. The molecular weight excluding hydrogens is 266 g/mol. The Balaban J connectivity index is 1.91. The largest absolute Gasteiger partial charge is 0.496 e. The molecular formula is C16H27N3O2. The van der Waals surface area contributed by atoms with E-state index in [2.05, 4.69) is 33.3 Å². The van der Waals surface area contributed by atoms with Crippen LogP contribution in [-0.4, -0.2) is 68.4 Å². The summed E-state index contributed by atoms with van der Waals surface area (Å²) in [4.78, 5) is 4.77. The molecule has 0 atom stereocenters. The zero-order valence-electron chi connectivity index (χ0n) is 13.1. The molecule has 0 aliphatic carbocycles. The molecule has 0 spiro atoms. The van der Waals surface area contributed by atoms with Gasteiger partial charge < -0.3 is 15.2 Å². The quantitative estimate of drug-likeness (QED) is 0.768. The molecule has 2 N–H and O–H groups in total. The third-order valence-electron chi connectivity index (χ3n) is 4.01. The lowest BCUT2D eigenvalue weighted by Gasteiger charge is -2.34. The van der Waals surface area contributed by atoms with Gasteiger partial charge in [-0.2, -0.15) is 0 Å². The molecule has 5 nitrogen and oxygen atoms in total. The van der Waals surface area contributed by atoms with Crippen LogP contribution in [0.2, 0.25) is 0 Å². The highest BCUT2D eigenvalue weighted by Crippen LogP contribution is 2.21. The van der Waals surface area contributed by atoms with Gasteiger partial charge in [0.15, 0.2) is 0 Å². The zero-order chi connectivity index (χ0) is 15.1. The first-order chi connectivity index (χ1) is 10.3. The van der Waals surface area contributed by atoms with Gasteiger partial charge >= 0.3 is 0 Å². The molecule has 0 aromatic heterocycles. The second-order valence-electron chi connectivity index (χ2n) is 5.52. The summed E-state index contributed by atoms with van der Waals surface area (Å²) < 4.78 is 5.48. The molecule has 0 bridgehead atoms. The van der Waals surface area contributed by atoms with Crippen LogP contribution in [-0.2, 0) is 13.1 Å². The monoisotopic (exact) mass is 293 g/mol. The number of ether oxygens (including phenoxy) is 1. The van der Waals surface area contributed by atoms with E-state index < -0.39 is 0 Å². The van der Waals surface area contributed by atoms with E-state index in [0.717, 1.165) is 51.6 Å². The second-order valence-corrected chi connectivity index (χ2v) is 5.52. The fourth-order valence-electron chi connectivity index (χ4n) is 2.79. The Morgan fingerprint density at radius 2 is 1.90 bits per heavy atom. The SMILES string of the molecule is CNCc1ccc(CN2CCN(CCO)CC2)cc1OC. The summed E-state index contributed by atoms with van der Waals surface area (Å²) in [6.45, 7) is 7.02. The molecule has 1 aliphatic rings. The van der Waals surface area contributed by atoms with E-state index in [1.807, 2.05) is 7.05 Å². The standard InChI is InChI=1S/C16H27N3O2/c1-17-12-15-4-3-14(11-16(15)21-2)13-19-7-5-18(6-8-19)9-10-20/h3-4,11,17,20H,5-10,12-13H2,1-2H3. The molecule has 21 heavy (non-hydrogen) atoms. The van der Waals surface area contributed by atoms with Crippen molar-refractivity contribution < 1.29 is 9.84 Å². The zero-order valence-corrected chi connectivity index (χ0v) is 13.1. The minimum absolute atomic E-state index is 0.254. The van der Waals surface area contributed by atoms with Crippen molar-refractivity contribution in [1.29, 1.82) is 0 Å². The fraction of sp³-hybridized carbons (Fsp3) is 0.625. The van der Waals surface area contributed by atoms with Crippen molar-refractivity contribution >= 4 is 0 Å². The number of benzene rings is 1. The van der Waals surface area contributed by atoms with Crippen molar-refractivity contribution in [3.05, 3.63) is 29.3 Å². The van der Waals surface area contributed by atoms with Gasteiger partial charge in [0.25, 0.3) is 0 Å². The van der Waals surface area contributed by atoms with Crippen LogP contribution in [0.1, 0.15) is 11.1 Å². The topological polar surface area (TPSA) is 48.0 Å². The average molecular weight is 293 g/mol. The Morgan fingerprint density at radius 1 is 1.19 bits per heavy atom. The summed E-state index contributed by atoms with van der Waals surface area (Å²) >= 11 is 0. The number of aliphatic hydroxyl groups excluding tert-OH is 1. The summed E-state index contributed by atoms with van der Waals surface area (Å²) in [7, 11) is 3.67. The normalized spacial score (nSPS) is 17.1. The predicted octanol–water partition coefficient (Wildman–Crippen LogP) is 0.525. The van der Waals surface area contributed by atoms with Crippen molar-refractivity contribution in [1.82, 2.24) is 15.1 Å². The third-order valence-corrected chi connectivity index (χ3v) is 4.01. The van der Waals surface area contributed by atoms with Crippen molar-refractivity contribution in [2.45, 2.75) is 13.1 Å². The van der Waals surface area contributed by atoms with Crippen LogP contribution < -0.4 is 10.1 Å². The molecule has 0 unspecified atom stereocenters. The molecule has 118 valence electrons. The number of nitrogens with one attached hydrogen (secondary N) is 1. The van der Waals surface area contributed by atoms with E-state index in [9.17, 15) is 0 Å². The van der Waals surface area contributed by atoms with Crippen LogP contribution in [0, 0.1) is 0 Å². The van der Waals surface area contributed by atoms with Crippen LogP contribution >= 0.6 is 0 Å². The van der Waals surface area contributed by atoms with Crippen LogP contribution in [0.3, 0.4) is 0 Å². The molecule has 2 rings (SSSR count). The van der Waals surface area contributed by atoms with E-state index in [1.165, 1.54) is 11.1 Å². The predicted molar refractivity (Wildman–Crippen MR) is 84.6 cm³/mol. The van der Waals surface area contributed by atoms with Crippen LogP contribution in [0.5, 0.6) is 5.75 Å². The first kappa shape index (κ1) is 16.2. The van der Waals surface area contributed by atoms with Gasteiger partial charge in [0.2, 0.25) is 0 Å². The Labute approximate surface area is 127 Å². The van der Waals surface area contributed by atoms with Gasteiger partial charge in [0.05, 0.1) is 13.7 Å². The summed E-state index contributed by atoms with van der Waals surface area (Å²) in [5.74, 6) is 0.959. The minimum atomic E-state index is 0.254. The number of hydrogen-bond donors (Lipinski definition) is 2. The van der Waals surface area contributed by atoms with Gasteiger partial charge in [-0.1, -0.05) is 12.1 Å². The van der Waals surface area contributed by atoms with E-state index in [-0.39, 0.29) is 6.61 Å². The molecule has 1 saturated heterocycles. The van der Waals surface area contributed by atoms with Gasteiger partial charge in [-0.25, -0.2) is 0 Å².